The van der Waals surface area contributed by atoms with Gasteiger partial charge in [0.25, 0.3) is 0 Å². The first-order chi connectivity index (χ1) is 10.1. The number of rotatable bonds is 5. The minimum Gasteiger partial charge on any atom is -0.497 e. The highest BCUT2D eigenvalue weighted by Gasteiger charge is 2.39. The van der Waals surface area contributed by atoms with Crippen LogP contribution >= 0.6 is 0 Å². The fourth-order valence-electron chi connectivity index (χ4n) is 3.73. The maximum absolute atomic E-state index is 6.41. The molecule has 1 aliphatic heterocycles. The van der Waals surface area contributed by atoms with Crippen molar-refractivity contribution in [3.05, 3.63) is 23.8 Å². The van der Waals surface area contributed by atoms with Crippen LogP contribution in [0.1, 0.15) is 57.6 Å². The second kappa shape index (κ2) is 5.88. The molecule has 0 aromatic heterocycles. The molecule has 1 aliphatic carbocycles. The number of hydrogen-bond donors (Lipinski definition) is 1. The van der Waals surface area contributed by atoms with Crippen molar-refractivity contribution in [2.75, 3.05) is 13.7 Å². The van der Waals surface area contributed by atoms with Crippen molar-refractivity contribution >= 4 is 0 Å². The summed E-state index contributed by atoms with van der Waals surface area (Å²) in [5.41, 5.74) is 1.20. The highest BCUT2D eigenvalue weighted by molar-refractivity contribution is 5.44. The largest absolute Gasteiger partial charge is 0.497 e. The van der Waals surface area contributed by atoms with E-state index in [-0.39, 0.29) is 5.60 Å². The third-order valence-electron chi connectivity index (χ3n) is 4.98. The normalized spacial score (nSPS) is 28.4. The van der Waals surface area contributed by atoms with Crippen molar-refractivity contribution in [2.45, 2.75) is 57.6 Å². The highest BCUT2D eigenvalue weighted by atomic mass is 16.5. The van der Waals surface area contributed by atoms with Gasteiger partial charge in [0.15, 0.2) is 0 Å². The van der Waals surface area contributed by atoms with Gasteiger partial charge in [0.1, 0.15) is 17.1 Å². The van der Waals surface area contributed by atoms with Crippen LogP contribution in [0.25, 0.3) is 0 Å². The summed E-state index contributed by atoms with van der Waals surface area (Å²) in [5.74, 6) is 2.79. The summed E-state index contributed by atoms with van der Waals surface area (Å²) < 4.78 is 11.8. The molecule has 3 rings (SSSR count). The molecule has 2 atom stereocenters. The van der Waals surface area contributed by atoms with Gasteiger partial charge in [-0.2, -0.15) is 0 Å². The Bertz CT molecular complexity index is 498. The summed E-state index contributed by atoms with van der Waals surface area (Å²) in [6.45, 7) is 5.42. The first-order valence-electron chi connectivity index (χ1n) is 8.24. The van der Waals surface area contributed by atoms with Gasteiger partial charge in [-0.25, -0.2) is 0 Å². The minimum atomic E-state index is -0.0422. The Morgan fingerprint density at radius 3 is 2.81 bits per heavy atom. The number of hydrogen-bond acceptors (Lipinski definition) is 3. The Morgan fingerprint density at radius 2 is 2.19 bits per heavy atom. The van der Waals surface area contributed by atoms with Gasteiger partial charge in [-0.15, -0.1) is 0 Å². The van der Waals surface area contributed by atoms with Crippen LogP contribution in [-0.4, -0.2) is 19.3 Å². The van der Waals surface area contributed by atoms with E-state index in [0.717, 1.165) is 30.4 Å². The minimum absolute atomic E-state index is 0.0422. The molecule has 1 saturated carbocycles. The molecule has 3 heteroatoms. The van der Waals surface area contributed by atoms with Crippen molar-refractivity contribution < 1.29 is 9.47 Å². The molecule has 0 bridgehead atoms. The monoisotopic (exact) mass is 289 g/mol. The van der Waals surface area contributed by atoms with Crippen LogP contribution in [-0.2, 0) is 0 Å². The quantitative estimate of drug-likeness (QED) is 0.886. The molecule has 0 saturated heterocycles. The van der Waals surface area contributed by atoms with Crippen molar-refractivity contribution in [1.29, 1.82) is 0 Å². The van der Waals surface area contributed by atoms with Crippen LogP contribution in [0, 0.1) is 5.92 Å². The van der Waals surface area contributed by atoms with Crippen molar-refractivity contribution in [1.82, 2.24) is 5.32 Å². The van der Waals surface area contributed by atoms with Crippen LogP contribution in [0.5, 0.6) is 11.5 Å². The Hall–Kier alpha value is -1.22. The lowest BCUT2D eigenvalue weighted by Crippen LogP contribution is -2.44. The van der Waals surface area contributed by atoms with E-state index >= 15 is 0 Å². The van der Waals surface area contributed by atoms with E-state index in [4.69, 9.17) is 9.47 Å². The Balaban J connectivity index is 1.85. The molecule has 3 nitrogen and oxygen atoms in total. The number of methoxy groups -OCH3 is 1. The molecule has 1 heterocycles. The summed E-state index contributed by atoms with van der Waals surface area (Å²) in [7, 11) is 1.72. The fraction of sp³-hybridized carbons (Fsp3) is 0.667. The lowest BCUT2D eigenvalue weighted by atomic mass is 9.74. The number of fused-ring (bicyclic) bond motifs is 1. The van der Waals surface area contributed by atoms with Crippen LogP contribution in [0.2, 0.25) is 0 Å². The third kappa shape index (κ3) is 3.03. The van der Waals surface area contributed by atoms with E-state index in [9.17, 15) is 0 Å². The summed E-state index contributed by atoms with van der Waals surface area (Å²) in [5, 5.41) is 3.62. The van der Waals surface area contributed by atoms with Crippen molar-refractivity contribution in [3.8, 4) is 11.5 Å². The van der Waals surface area contributed by atoms with Crippen LogP contribution in [0.4, 0.5) is 0 Å². The van der Waals surface area contributed by atoms with E-state index in [0.29, 0.717) is 6.04 Å². The van der Waals surface area contributed by atoms with Gasteiger partial charge in [0.05, 0.1) is 7.11 Å². The van der Waals surface area contributed by atoms with E-state index in [1.54, 1.807) is 7.11 Å². The SMILES string of the molecule is CCNC1CC(C)(CC2CCC2)Oc2ccc(OC)cc21. The number of nitrogens with one attached hydrogen (secondary N) is 1. The van der Waals surface area contributed by atoms with E-state index < -0.39 is 0 Å². The number of ether oxygens (including phenoxy) is 2. The van der Waals surface area contributed by atoms with Crippen LogP contribution in [0.3, 0.4) is 0 Å². The van der Waals surface area contributed by atoms with Gasteiger partial charge in [0, 0.05) is 18.0 Å². The van der Waals surface area contributed by atoms with E-state index in [2.05, 4.69) is 31.3 Å². The zero-order chi connectivity index (χ0) is 14.9. The summed E-state index contributed by atoms with van der Waals surface area (Å²) in [6.07, 6.45) is 6.36. The molecule has 1 aromatic rings. The molecule has 2 unspecified atom stereocenters. The maximum Gasteiger partial charge on any atom is 0.125 e. The molecule has 1 N–H and O–H groups in total. The molecule has 1 aromatic carbocycles. The zero-order valence-corrected chi connectivity index (χ0v) is 13.4. The zero-order valence-electron chi connectivity index (χ0n) is 13.4. The van der Waals surface area contributed by atoms with Gasteiger partial charge >= 0.3 is 0 Å². The second-order valence-electron chi connectivity index (χ2n) is 6.77. The standard InChI is InChI=1S/C18H27NO2/c1-4-19-16-12-18(2,11-13-6-5-7-13)21-17-9-8-14(20-3)10-15(16)17/h8-10,13,16,19H,4-7,11-12H2,1-3H3. The van der Waals surface area contributed by atoms with Crippen LogP contribution in [0.15, 0.2) is 18.2 Å². The highest BCUT2D eigenvalue weighted by Crippen LogP contribution is 2.45. The third-order valence-corrected chi connectivity index (χ3v) is 4.98. The second-order valence-corrected chi connectivity index (χ2v) is 6.77. The van der Waals surface area contributed by atoms with Gasteiger partial charge in [-0.1, -0.05) is 26.2 Å². The summed E-state index contributed by atoms with van der Waals surface area (Å²) in [4.78, 5) is 0. The molecule has 0 radical (unpaired) electrons. The average Bonchev–Trinajstić information content (AvgIpc) is 2.43. The average molecular weight is 289 g/mol. The first kappa shape index (κ1) is 14.7. The van der Waals surface area contributed by atoms with Crippen molar-refractivity contribution in [2.24, 2.45) is 5.92 Å². The number of benzene rings is 1. The predicted molar refractivity (Wildman–Crippen MR) is 85.0 cm³/mol. The topological polar surface area (TPSA) is 30.5 Å². The van der Waals surface area contributed by atoms with E-state index in [1.165, 1.54) is 31.2 Å². The maximum atomic E-state index is 6.41. The first-order valence-corrected chi connectivity index (χ1v) is 8.24. The predicted octanol–water partition coefficient (Wildman–Crippen LogP) is 4.08. The van der Waals surface area contributed by atoms with Gasteiger partial charge in [-0.3, -0.25) is 0 Å². The Labute approximate surface area is 128 Å². The fourth-order valence-corrected chi connectivity index (χ4v) is 3.73. The molecular weight excluding hydrogens is 262 g/mol. The molecule has 116 valence electrons. The smallest absolute Gasteiger partial charge is 0.125 e. The van der Waals surface area contributed by atoms with E-state index in [1.807, 2.05) is 6.07 Å². The van der Waals surface area contributed by atoms with Gasteiger partial charge in [-0.05, 0) is 44.0 Å². The molecule has 1 fully saturated rings. The van der Waals surface area contributed by atoms with Crippen molar-refractivity contribution in [3.63, 3.8) is 0 Å². The van der Waals surface area contributed by atoms with Crippen LogP contribution < -0.4 is 14.8 Å². The van der Waals surface area contributed by atoms with Gasteiger partial charge in [0.2, 0.25) is 0 Å². The molecule has 2 aliphatic rings. The lowest BCUT2D eigenvalue weighted by Gasteiger charge is -2.43. The molecule has 0 spiro atoms. The Morgan fingerprint density at radius 1 is 1.38 bits per heavy atom. The molecule has 0 amide bonds. The Kier molecular flexibility index (Phi) is 4.12. The molecule has 21 heavy (non-hydrogen) atoms. The summed E-state index contributed by atoms with van der Waals surface area (Å²) in [6, 6.07) is 6.54. The molecular formula is C18H27NO2. The van der Waals surface area contributed by atoms with Gasteiger partial charge < -0.3 is 14.8 Å². The lowest BCUT2D eigenvalue weighted by molar-refractivity contribution is 0.0126. The summed E-state index contributed by atoms with van der Waals surface area (Å²) >= 11 is 0.